The lowest BCUT2D eigenvalue weighted by molar-refractivity contribution is -0.166. The lowest BCUT2D eigenvalue weighted by atomic mass is 9.90. The maximum atomic E-state index is 11.4. The number of hydrogen-bond donors (Lipinski definition) is 0. The zero-order chi connectivity index (χ0) is 11.3. The predicted molar refractivity (Wildman–Crippen MR) is 58.8 cm³/mol. The van der Waals surface area contributed by atoms with Crippen LogP contribution >= 0.6 is 0 Å². The van der Waals surface area contributed by atoms with Crippen molar-refractivity contribution in [2.75, 3.05) is 19.8 Å². The molecule has 0 aromatic rings. The Hall–Kier alpha value is -0.505. The summed E-state index contributed by atoms with van der Waals surface area (Å²) in [4.78, 5) is 11.4. The molecule has 0 N–H and O–H groups in total. The number of carbonyl (C=O) groups is 1. The van der Waals surface area contributed by atoms with Crippen LogP contribution in [0, 0.1) is 11.3 Å². The number of rotatable bonds is 6. The van der Waals surface area contributed by atoms with Crippen molar-refractivity contribution in [1.82, 2.24) is 0 Å². The maximum absolute atomic E-state index is 11.4. The molecule has 4 heteroatoms. The molecule has 15 heavy (non-hydrogen) atoms. The minimum absolute atomic E-state index is 0.0484. The third kappa shape index (κ3) is 4.25. The molecule has 0 aromatic carbocycles. The van der Waals surface area contributed by atoms with Crippen molar-refractivity contribution < 1.29 is 14.3 Å². The van der Waals surface area contributed by atoms with E-state index in [1.165, 1.54) is 0 Å². The first-order valence-corrected chi connectivity index (χ1v) is 5.49. The van der Waals surface area contributed by atoms with Gasteiger partial charge in [-0.25, -0.2) is 0 Å². The molecular weight excluding hydrogens is 191 g/mol. The second kappa shape index (κ2) is 5.54. The van der Waals surface area contributed by atoms with E-state index in [9.17, 15) is 4.79 Å². The molecule has 0 aromatic heterocycles. The first kappa shape index (κ1) is 12.6. The lowest BCUT2D eigenvalue weighted by Crippen LogP contribution is -2.44. The van der Waals surface area contributed by atoms with Gasteiger partial charge in [-0.1, -0.05) is 26.6 Å². The van der Waals surface area contributed by atoms with E-state index in [0.717, 1.165) is 6.42 Å². The Balaban J connectivity index is 2.13. The Bertz CT molecular complexity index is 214. The van der Waals surface area contributed by atoms with E-state index >= 15 is 0 Å². The first-order valence-electron chi connectivity index (χ1n) is 5.49. The van der Waals surface area contributed by atoms with Crippen LogP contribution < -0.4 is 0 Å². The van der Waals surface area contributed by atoms with Crippen LogP contribution in [-0.4, -0.2) is 33.6 Å². The summed E-state index contributed by atoms with van der Waals surface area (Å²) in [6.07, 6.45) is 1.96. The molecule has 1 saturated heterocycles. The molecule has 0 aliphatic carbocycles. The van der Waals surface area contributed by atoms with Gasteiger partial charge in [-0.3, -0.25) is 4.79 Å². The van der Waals surface area contributed by atoms with Crippen LogP contribution in [0.25, 0.3) is 0 Å². The molecule has 2 radical (unpaired) electrons. The Kier molecular flexibility index (Phi) is 4.64. The quantitative estimate of drug-likeness (QED) is 0.493. The highest BCUT2D eigenvalue weighted by Gasteiger charge is 2.34. The van der Waals surface area contributed by atoms with Gasteiger partial charge in [-0.15, -0.1) is 0 Å². The summed E-state index contributed by atoms with van der Waals surface area (Å²) in [6, 6.07) is 0. The second-order valence-corrected chi connectivity index (χ2v) is 4.85. The van der Waals surface area contributed by atoms with Gasteiger partial charge in [0.2, 0.25) is 0 Å². The molecule has 1 aliphatic heterocycles. The van der Waals surface area contributed by atoms with Gasteiger partial charge >= 0.3 is 5.97 Å². The Morgan fingerprint density at radius 3 is 2.73 bits per heavy atom. The molecule has 1 rings (SSSR count). The van der Waals surface area contributed by atoms with Crippen LogP contribution in [0.15, 0.2) is 0 Å². The first-order chi connectivity index (χ1) is 7.06. The molecular formula is C11H19BO3. The summed E-state index contributed by atoms with van der Waals surface area (Å²) in [6.45, 7) is 5.94. The van der Waals surface area contributed by atoms with Gasteiger partial charge in [0.15, 0.2) is 0 Å². The topological polar surface area (TPSA) is 35.5 Å². The number of esters is 1. The number of ether oxygens (including phenoxy) is 2. The highest BCUT2D eigenvalue weighted by atomic mass is 16.5. The minimum Gasteiger partial charge on any atom is -0.465 e. The molecule has 1 unspecified atom stereocenters. The van der Waals surface area contributed by atoms with E-state index in [2.05, 4.69) is 6.92 Å². The molecule has 0 saturated carbocycles. The highest BCUT2D eigenvalue weighted by molar-refractivity contribution is 6.08. The van der Waals surface area contributed by atoms with Gasteiger partial charge in [-0.05, 0) is 5.92 Å². The smallest absolute Gasteiger partial charge is 0.306 e. The summed E-state index contributed by atoms with van der Waals surface area (Å²) in [5, 5.41) is 0. The third-order valence-corrected chi connectivity index (χ3v) is 2.66. The van der Waals surface area contributed by atoms with E-state index in [1.54, 1.807) is 0 Å². The van der Waals surface area contributed by atoms with Crippen molar-refractivity contribution in [3.63, 3.8) is 0 Å². The largest absolute Gasteiger partial charge is 0.465 e. The van der Waals surface area contributed by atoms with Crippen LogP contribution in [0.3, 0.4) is 0 Å². The van der Waals surface area contributed by atoms with Gasteiger partial charge in [0.05, 0.1) is 21.1 Å². The summed E-state index contributed by atoms with van der Waals surface area (Å²) in [7, 11) is 5.41. The Labute approximate surface area is 92.9 Å². The van der Waals surface area contributed by atoms with Crippen LogP contribution in [0.1, 0.15) is 26.7 Å². The van der Waals surface area contributed by atoms with Gasteiger partial charge < -0.3 is 9.47 Å². The standard InChI is InChI=1S/C11H19BO3/c1-9(3-4-12)5-10(13)15-8-11(2)6-14-7-11/h9H,3-8H2,1-2H3. The fourth-order valence-electron chi connectivity index (χ4n) is 1.52. The van der Waals surface area contributed by atoms with Gasteiger partial charge in [0.1, 0.15) is 6.61 Å². The van der Waals surface area contributed by atoms with Crippen LogP contribution in [0.5, 0.6) is 0 Å². The molecule has 1 heterocycles. The average Bonchev–Trinajstić information content (AvgIpc) is 2.12. The summed E-state index contributed by atoms with van der Waals surface area (Å²) < 4.78 is 10.3. The molecule has 1 fully saturated rings. The minimum atomic E-state index is -0.121. The lowest BCUT2D eigenvalue weighted by Gasteiger charge is -2.37. The summed E-state index contributed by atoms with van der Waals surface area (Å²) >= 11 is 0. The van der Waals surface area contributed by atoms with E-state index in [0.29, 0.717) is 38.5 Å². The number of hydrogen-bond acceptors (Lipinski definition) is 3. The van der Waals surface area contributed by atoms with Gasteiger partial charge in [-0.2, -0.15) is 0 Å². The van der Waals surface area contributed by atoms with E-state index in [1.807, 2.05) is 6.92 Å². The SMILES string of the molecule is [B]CCC(C)CC(=O)OCC1(C)COC1. The van der Waals surface area contributed by atoms with E-state index < -0.39 is 0 Å². The molecule has 0 bridgehead atoms. The van der Waals surface area contributed by atoms with E-state index in [-0.39, 0.29) is 11.4 Å². The Morgan fingerprint density at radius 1 is 1.60 bits per heavy atom. The van der Waals surface area contributed by atoms with Crippen molar-refractivity contribution in [3.8, 4) is 0 Å². The fraction of sp³-hybridized carbons (Fsp3) is 0.909. The zero-order valence-electron chi connectivity index (χ0n) is 9.62. The summed E-state index contributed by atoms with van der Waals surface area (Å²) in [5.41, 5.74) is 0.0484. The highest BCUT2D eigenvalue weighted by Crippen LogP contribution is 2.26. The number of carbonyl (C=O) groups excluding carboxylic acids is 1. The van der Waals surface area contributed by atoms with Crippen molar-refractivity contribution in [2.45, 2.75) is 33.0 Å². The third-order valence-electron chi connectivity index (χ3n) is 2.66. The Morgan fingerprint density at radius 2 is 2.27 bits per heavy atom. The van der Waals surface area contributed by atoms with Crippen LogP contribution in [-0.2, 0) is 14.3 Å². The average molecular weight is 210 g/mol. The second-order valence-electron chi connectivity index (χ2n) is 4.85. The normalized spacial score (nSPS) is 20.4. The van der Waals surface area contributed by atoms with Crippen LogP contribution in [0.2, 0.25) is 6.32 Å². The monoisotopic (exact) mass is 210 g/mol. The van der Waals surface area contributed by atoms with Gasteiger partial charge in [0.25, 0.3) is 0 Å². The zero-order valence-corrected chi connectivity index (χ0v) is 9.62. The molecule has 0 amide bonds. The molecule has 1 aliphatic rings. The molecule has 1 atom stereocenters. The van der Waals surface area contributed by atoms with Gasteiger partial charge in [0, 0.05) is 11.8 Å². The maximum Gasteiger partial charge on any atom is 0.306 e. The van der Waals surface area contributed by atoms with Crippen molar-refractivity contribution in [1.29, 1.82) is 0 Å². The van der Waals surface area contributed by atoms with E-state index in [4.69, 9.17) is 17.3 Å². The molecule has 84 valence electrons. The van der Waals surface area contributed by atoms with Crippen molar-refractivity contribution in [2.24, 2.45) is 11.3 Å². The fourth-order valence-corrected chi connectivity index (χ4v) is 1.52. The molecule has 0 spiro atoms. The van der Waals surface area contributed by atoms with Crippen LogP contribution in [0.4, 0.5) is 0 Å². The van der Waals surface area contributed by atoms with Crippen molar-refractivity contribution in [3.05, 3.63) is 0 Å². The van der Waals surface area contributed by atoms with Crippen molar-refractivity contribution >= 4 is 13.8 Å². The summed E-state index contributed by atoms with van der Waals surface area (Å²) in [5.74, 6) is 0.192. The predicted octanol–water partition coefficient (Wildman–Crippen LogP) is 1.57. The molecule has 3 nitrogen and oxygen atoms in total.